The number of rotatable bonds is 3. The van der Waals surface area contributed by atoms with Crippen molar-refractivity contribution >= 4 is 33.3 Å². The zero-order chi connectivity index (χ0) is 15.0. The minimum atomic E-state index is -0.285. The molecule has 0 aliphatic heterocycles. The first-order chi connectivity index (χ1) is 10.0. The summed E-state index contributed by atoms with van der Waals surface area (Å²) in [5.41, 5.74) is 6.19. The Hall–Kier alpha value is -2.68. The van der Waals surface area contributed by atoms with Crippen LogP contribution in [0.5, 0.6) is 0 Å². The topological polar surface area (TPSA) is 121 Å². The summed E-state index contributed by atoms with van der Waals surface area (Å²) in [6.45, 7) is 0.179. The quantitative estimate of drug-likeness (QED) is 0.653. The monoisotopic (exact) mass is 304 g/mol. The van der Waals surface area contributed by atoms with Crippen molar-refractivity contribution in [2.24, 2.45) is 0 Å². The number of hydrogen-bond acceptors (Lipinski definition) is 6. The van der Waals surface area contributed by atoms with Gasteiger partial charge in [-0.05, 0) is 11.4 Å². The molecule has 1 amide bonds. The molecule has 8 nitrogen and oxygen atoms in total. The van der Waals surface area contributed by atoms with Crippen molar-refractivity contribution in [3.05, 3.63) is 39.4 Å². The summed E-state index contributed by atoms with van der Waals surface area (Å²) in [5.74, 6) is 0.388. The molecule has 3 aromatic heterocycles. The van der Waals surface area contributed by atoms with Crippen molar-refractivity contribution in [1.29, 1.82) is 0 Å². The SMILES string of the molecule is CN(Cc1nc2ccsc2c(=O)[nH]1)C(=O)c1cc(N)n[nH]1. The van der Waals surface area contributed by atoms with Crippen molar-refractivity contribution < 1.29 is 4.79 Å². The molecule has 3 heterocycles. The van der Waals surface area contributed by atoms with Crippen LogP contribution in [0.4, 0.5) is 5.82 Å². The molecule has 0 atom stereocenters. The fourth-order valence-electron chi connectivity index (χ4n) is 1.95. The van der Waals surface area contributed by atoms with Gasteiger partial charge in [0.05, 0.1) is 12.1 Å². The van der Waals surface area contributed by atoms with Gasteiger partial charge in [-0.25, -0.2) is 4.98 Å². The van der Waals surface area contributed by atoms with Gasteiger partial charge < -0.3 is 15.6 Å². The van der Waals surface area contributed by atoms with Gasteiger partial charge in [-0.1, -0.05) is 0 Å². The summed E-state index contributed by atoms with van der Waals surface area (Å²) >= 11 is 1.33. The Bertz CT molecular complexity index is 864. The molecule has 0 fully saturated rings. The third-order valence-corrected chi connectivity index (χ3v) is 3.83. The normalized spacial score (nSPS) is 10.9. The van der Waals surface area contributed by atoms with Gasteiger partial charge in [0.25, 0.3) is 11.5 Å². The summed E-state index contributed by atoms with van der Waals surface area (Å²) in [5, 5.41) is 8.06. The van der Waals surface area contributed by atoms with E-state index in [-0.39, 0.29) is 29.5 Å². The molecule has 108 valence electrons. The van der Waals surface area contributed by atoms with Crippen LogP contribution in [0.25, 0.3) is 10.2 Å². The van der Waals surface area contributed by atoms with Crippen LogP contribution in [0, 0.1) is 0 Å². The minimum absolute atomic E-state index is 0.179. The Kier molecular flexibility index (Phi) is 3.18. The predicted octanol–water partition coefficient (Wildman–Crippen LogP) is 0.562. The van der Waals surface area contributed by atoms with E-state index < -0.39 is 0 Å². The van der Waals surface area contributed by atoms with Gasteiger partial charge in [0.15, 0.2) is 0 Å². The van der Waals surface area contributed by atoms with Crippen LogP contribution < -0.4 is 11.3 Å². The second-order valence-electron chi connectivity index (χ2n) is 4.52. The highest BCUT2D eigenvalue weighted by Gasteiger charge is 2.16. The van der Waals surface area contributed by atoms with Gasteiger partial charge in [0.2, 0.25) is 0 Å². The lowest BCUT2D eigenvalue weighted by Crippen LogP contribution is -2.28. The van der Waals surface area contributed by atoms with Gasteiger partial charge in [-0.15, -0.1) is 11.3 Å². The van der Waals surface area contributed by atoms with Crippen molar-refractivity contribution in [1.82, 2.24) is 25.1 Å². The van der Waals surface area contributed by atoms with Crippen LogP contribution >= 0.6 is 11.3 Å². The van der Waals surface area contributed by atoms with Gasteiger partial charge in [0.1, 0.15) is 22.0 Å². The first-order valence-electron chi connectivity index (χ1n) is 6.07. The van der Waals surface area contributed by atoms with Gasteiger partial charge >= 0.3 is 0 Å². The second-order valence-corrected chi connectivity index (χ2v) is 5.43. The Morgan fingerprint density at radius 1 is 1.52 bits per heavy atom. The standard InChI is InChI=1S/C12H12N6O2S/c1-18(12(20)7-4-8(13)17-16-7)5-9-14-6-2-3-21-10(6)11(19)15-9/h2-4H,5H2,1H3,(H3,13,16,17)(H,14,15,19). The molecule has 0 aliphatic rings. The first kappa shape index (κ1) is 13.3. The summed E-state index contributed by atoms with van der Waals surface area (Å²) in [6, 6.07) is 3.23. The molecule has 0 aliphatic carbocycles. The average Bonchev–Trinajstić information content (AvgIpc) is 3.06. The number of aromatic nitrogens is 4. The molecule has 0 unspecified atom stereocenters. The minimum Gasteiger partial charge on any atom is -0.382 e. The maximum Gasteiger partial charge on any atom is 0.272 e. The molecule has 0 radical (unpaired) electrons. The summed E-state index contributed by atoms with van der Waals surface area (Å²) < 4.78 is 0.578. The van der Waals surface area contributed by atoms with Crippen LogP contribution in [-0.2, 0) is 6.54 Å². The smallest absolute Gasteiger partial charge is 0.272 e. The molecular formula is C12H12N6O2S. The maximum absolute atomic E-state index is 12.1. The lowest BCUT2D eigenvalue weighted by atomic mass is 10.3. The van der Waals surface area contributed by atoms with Gasteiger partial charge in [-0.3, -0.25) is 14.7 Å². The number of carbonyl (C=O) groups excluding carboxylic acids is 1. The van der Waals surface area contributed by atoms with Gasteiger partial charge in [0, 0.05) is 13.1 Å². The van der Waals surface area contributed by atoms with E-state index in [4.69, 9.17) is 5.73 Å². The highest BCUT2D eigenvalue weighted by molar-refractivity contribution is 7.17. The molecule has 0 bridgehead atoms. The third kappa shape index (κ3) is 2.50. The fourth-order valence-corrected chi connectivity index (χ4v) is 2.67. The fraction of sp³-hybridized carbons (Fsp3) is 0.167. The van der Waals surface area contributed by atoms with E-state index in [0.717, 1.165) is 0 Å². The highest BCUT2D eigenvalue weighted by atomic mass is 32.1. The zero-order valence-corrected chi connectivity index (χ0v) is 11.9. The second kappa shape index (κ2) is 5.02. The lowest BCUT2D eigenvalue weighted by Gasteiger charge is -2.15. The Morgan fingerprint density at radius 2 is 2.33 bits per heavy atom. The van der Waals surface area contributed by atoms with Crippen LogP contribution in [0.1, 0.15) is 16.3 Å². The molecule has 9 heteroatoms. The van der Waals surface area contributed by atoms with Crippen molar-refractivity contribution in [2.45, 2.75) is 6.54 Å². The molecule has 3 aromatic rings. The number of hydrogen-bond donors (Lipinski definition) is 3. The van der Waals surface area contributed by atoms with E-state index in [9.17, 15) is 9.59 Å². The number of anilines is 1. The molecule has 4 N–H and O–H groups in total. The number of nitrogen functional groups attached to an aromatic ring is 1. The number of aromatic amines is 2. The number of nitrogens with zero attached hydrogens (tertiary/aromatic N) is 3. The number of nitrogens with two attached hydrogens (primary N) is 1. The summed E-state index contributed by atoms with van der Waals surface area (Å²) in [7, 11) is 1.61. The molecule has 0 saturated heterocycles. The molecule has 0 aromatic carbocycles. The van der Waals surface area contributed by atoms with E-state index in [2.05, 4.69) is 20.2 Å². The number of fused-ring (bicyclic) bond motifs is 1. The molecular weight excluding hydrogens is 292 g/mol. The van der Waals surface area contributed by atoms with E-state index >= 15 is 0 Å². The Balaban J connectivity index is 1.84. The van der Waals surface area contributed by atoms with Gasteiger partial charge in [-0.2, -0.15) is 5.10 Å². The lowest BCUT2D eigenvalue weighted by molar-refractivity contribution is 0.0775. The number of H-pyrrole nitrogens is 2. The number of amides is 1. The maximum atomic E-state index is 12.1. The van der Waals surface area contributed by atoms with Crippen LogP contribution in [-0.4, -0.2) is 38.0 Å². The molecule has 21 heavy (non-hydrogen) atoms. The van der Waals surface area contributed by atoms with E-state index in [1.807, 2.05) is 0 Å². The van der Waals surface area contributed by atoms with Crippen LogP contribution in [0.15, 0.2) is 22.3 Å². The third-order valence-electron chi connectivity index (χ3n) is 2.93. The number of thiophene rings is 1. The largest absolute Gasteiger partial charge is 0.382 e. The van der Waals surface area contributed by atoms with E-state index in [1.165, 1.54) is 22.3 Å². The van der Waals surface area contributed by atoms with Crippen molar-refractivity contribution in [2.75, 3.05) is 12.8 Å². The first-order valence-corrected chi connectivity index (χ1v) is 6.95. The number of carbonyl (C=O) groups is 1. The van der Waals surface area contributed by atoms with Crippen molar-refractivity contribution in [3.63, 3.8) is 0 Å². The highest BCUT2D eigenvalue weighted by Crippen LogP contribution is 2.14. The number of nitrogens with one attached hydrogen (secondary N) is 2. The zero-order valence-electron chi connectivity index (χ0n) is 11.1. The van der Waals surface area contributed by atoms with Crippen LogP contribution in [0.3, 0.4) is 0 Å². The Morgan fingerprint density at radius 3 is 3.05 bits per heavy atom. The molecule has 0 saturated carbocycles. The van der Waals surface area contributed by atoms with Crippen molar-refractivity contribution in [3.8, 4) is 0 Å². The molecule has 3 rings (SSSR count). The van der Waals surface area contributed by atoms with E-state index in [1.54, 1.807) is 18.5 Å². The van der Waals surface area contributed by atoms with Crippen LogP contribution in [0.2, 0.25) is 0 Å². The summed E-state index contributed by atoms with van der Waals surface area (Å²) in [4.78, 5) is 32.4. The Labute approximate surface area is 122 Å². The van der Waals surface area contributed by atoms with E-state index in [0.29, 0.717) is 16.0 Å². The molecule has 0 spiro atoms. The summed E-state index contributed by atoms with van der Waals surface area (Å²) in [6.07, 6.45) is 0. The average molecular weight is 304 g/mol. The predicted molar refractivity (Wildman–Crippen MR) is 79.0 cm³/mol.